The van der Waals surface area contributed by atoms with E-state index in [2.05, 4.69) is 17.0 Å². The molecular weight excluding hydrogens is 248 g/mol. The van der Waals surface area contributed by atoms with Gasteiger partial charge >= 0.3 is 0 Å². The molecule has 100 valence electrons. The lowest BCUT2D eigenvalue weighted by atomic mass is 9.97. The van der Waals surface area contributed by atoms with Crippen LogP contribution in [0.15, 0.2) is 18.2 Å². The second-order valence-electron chi connectivity index (χ2n) is 4.88. The summed E-state index contributed by atoms with van der Waals surface area (Å²) < 4.78 is 5.22. The van der Waals surface area contributed by atoms with E-state index in [0.717, 1.165) is 36.0 Å². The fourth-order valence-corrected chi connectivity index (χ4v) is 2.83. The van der Waals surface area contributed by atoms with E-state index in [1.54, 1.807) is 7.11 Å². The number of hydrogen-bond acceptors (Lipinski definition) is 3. The van der Waals surface area contributed by atoms with Crippen molar-refractivity contribution in [2.75, 3.05) is 31.7 Å². The predicted octanol–water partition coefficient (Wildman–Crippen LogP) is 2.66. The second-order valence-corrected chi connectivity index (χ2v) is 5.28. The number of benzene rings is 1. The molecule has 1 aromatic carbocycles. The van der Waals surface area contributed by atoms with E-state index in [1.807, 2.05) is 6.07 Å². The molecule has 0 bridgehead atoms. The Kier molecular flexibility index (Phi) is 4.87. The number of rotatable bonds is 4. The maximum atomic E-state index is 6.32. The molecule has 2 rings (SSSR count). The monoisotopic (exact) mass is 268 g/mol. The highest BCUT2D eigenvalue weighted by Gasteiger charge is 2.20. The SMILES string of the molecule is COCC1CCN(c2ccc(CN)cc2Cl)CC1. The highest BCUT2D eigenvalue weighted by atomic mass is 35.5. The average molecular weight is 269 g/mol. The highest BCUT2D eigenvalue weighted by Crippen LogP contribution is 2.30. The number of nitrogens with two attached hydrogens (primary N) is 1. The molecule has 0 aliphatic carbocycles. The summed E-state index contributed by atoms with van der Waals surface area (Å²) in [6.07, 6.45) is 2.34. The molecule has 0 unspecified atom stereocenters. The average Bonchev–Trinajstić information content (AvgIpc) is 2.40. The van der Waals surface area contributed by atoms with Crippen LogP contribution in [0.5, 0.6) is 0 Å². The second kappa shape index (κ2) is 6.41. The molecule has 2 N–H and O–H groups in total. The van der Waals surface area contributed by atoms with Crippen molar-refractivity contribution in [3.63, 3.8) is 0 Å². The van der Waals surface area contributed by atoms with Gasteiger partial charge in [-0.15, -0.1) is 0 Å². The Hall–Kier alpha value is -0.770. The van der Waals surface area contributed by atoms with E-state index in [0.29, 0.717) is 12.5 Å². The first-order chi connectivity index (χ1) is 8.74. The Morgan fingerprint density at radius 3 is 2.67 bits per heavy atom. The van der Waals surface area contributed by atoms with Crippen LogP contribution in [0.2, 0.25) is 5.02 Å². The van der Waals surface area contributed by atoms with Crippen molar-refractivity contribution in [3.05, 3.63) is 28.8 Å². The van der Waals surface area contributed by atoms with Gasteiger partial charge in [0.1, 0.15) is 0 Å². The van der Waals surface area contributed by atoms with Gasteiger partial charge in [0.05, 0.1) is 10.7 Å². The Morgan fingerprint density at radius 2 is 2.11 bits per heavy atom. The van der Waals surface area contributed by atoms with Crippen LogP contribution in [0.4, 0.5) is 5.69 Å². The molecule has 18 heavy (non-hydrogen) atoms. The van der Waals surface area contributed by atoms with E-state index in [9.17, 15) is 0 Å². The van der Waals surface area contributed by atoms with Crippen LogP contribution in [0.3, 0.4) is 0 Å². The van der Waals surface area contributed by atoms with Gasteiger partial charge in [0.2, 0.25) is 0 Å². The molecule has 1 heterocycles. The van der Waals surface area contributed by atoms with Gasteiger partial charge in [-0.25, -0.2) is 0 Å². The molecule has 1 aliphatic heterocycles. The molecule has 0 saturated carbocycles. The maximum absolute atomic E-state index is 6.32. The first kappa shape index (κ1) is 13.7. The molecule has 4 heteroatoms. The first-order valence-corrected chi connectivity index (χ1v) is 6.84. The summed E-state index contributed by atoms with van der Waals surface area (Å²) in [7, 11) is 1.77. The topological polar surface area (TPSA) is 38.5 Å². The number of piperidine rings is 1. The lowest BCUT2D eigenvalue weighted by molar-refractivity contribution is 0.139. The third kappa shape index (κ3) is 3.16. The van der Waals surface area contributed by atoms with E-state index in [1.165, 1.54) is 12.8 Å². The molecule has 1 aliphatic rings. The maximum Gasteiger partial charge on any atom is 0.0642 e. The summed E-state index contributed by atoms with van der Waals surface area (Å²) in [5.41, 5.74) is 7.82. The van der Waals surface area contributed by atoms with Gasteiger partial charge in [-0.3, -0.25) is 0 Å². The van der Waals surface area contributed by atoms with Gasteiger partial charge in [-0.05, 0) is 36.5 Å². The molecule has 1 aromatic rings. The minimum Gasteiger partial charge on any atom is -0.384 e. The minimum absolute atomic E-state index is 0.538. The van der Waals surface area contributed by atoms with Crippen molar-refractivity contribution < 1.29 is 4.74 Å². The van der Waals surface area contributed by atoms with Gasteiger partial charge in [0.25, 0.3) is 0 Å². The minimum atomic E-state index is 0.538. The van der Waals surface area contributed by atoms with Crippen LogP contribution in [0.1, 0.15) is 18.4 Å². The van der Waals surface area contributed by atoms with E-state index in [-0.39, 0.29) is 0 Å². The summed E-state index contributed by atoms with van der Waals surface area (Å²) in [5.74, 6) is 0.688. The molecule has 0 spiro atoms. The summed E-state index contributed by atoms with van der Waals surface area (Å²) in [6, 6.07) is 6.11. The molecule has 0 aromatic heterocycles. The molecular formula is C14H21ClN2O. The number of ether oxygens (including phenoxy) is 1. The van der Waals surface area contributed by atoms with Gasteiger partial charge in [-0.2, -0.15) is 0 Å². The quantitative estimate of drug-likeness (QED) is 0.912. The summed E-state index contributed by atoms with van der Waals surface area (Å²) in [5, 5.41) is 0.808. The first-order valence-electron chi connectivity index (χ1n) is 6.47. The van der Waals surface area contributed by atoms with Gasteiger partial charge in [0, 0.05) is 33.4 Å². The zero-order chi connectivity index (χ0) is 13.0. The molecule has 1 saturated heterocycles. The van der Waals surface area contributed by atoms with Gasteiger partial charge in [-0.1, -0.05) is 17.7 Å². The fraction of sp³-hybridized carbons (Fsp3) is 0.571. The van der Waals surface area contributed by atoms with Gasteiger partial charge < -0.3 is 15.4 Å². The van der Waals surface area contributed by atoms with E-state index < -0.39 is 0 Å². The number of halogens is 1. The standard InChI is InChI=1S/C14H21ClN2O/c1-18-10-11-4-6-17(7-5-11)14-3-2-12(9-16)8-13(14)15/h2-3,8,11H,4-7,9-10,16H2,1H3. The van der Waals surface area contributed by atoms with Crippen molar-refractivity contribution >= 4 is 17.3 Å². The lowest BCUT2D eigenvalue weighted by Crippen LogP contribution is -2.35. The zero-order valence-corrected chi connectivity index (χ0v) is 11.6. The van der Waals surface area contributed by atoms with Crippen LogP contribution in [0.25, 0.3) is 0 Å². The molecule has 1 fully saturated rings. The highest BCUT2D eigenvalue weighted by molar-refractivity contribution is 6.33. The van der Waals surface area contributed by atoms with Crippen molar-refractivity contribution in [1.29, 1.82) is 0 Å². The van der Waals surface area contributed by atoms with E-state index in [4.69, 9.17) is 22.1 Å². The number of methoxy groups -OCH3 is 1. The lowest BCUT2D eigenvalue weighted by Gasteiger charge is -2.34. The van der Waals surface area contributed by atoms with Crippen LogP contribution in [-0.4, -0.2) is 26.8 Å². The Bertz CT molecular complexity index is 389. The fourth-order valence-electron chi connectivity index (χ4n) is 2.51. The molecule has 0 radical (unpaired) electrons. The Labute approximate surface area is 114 Å². The van der Waals surface area contributed by atoms with Crippen molar-refractivity contribution in [3.8, 4) is 0 Å². The smallest absolute Gasteiger partial charge is 0.0642 e. The van der Waals surface area contributed by atoms with E-state index >= 15 is 0 Å². The number of hydrogen-bond donors (Lipinski definition) is 1. The summed E-state index contributed by atoms with van der Waals surface area (Å²) >= 11 is 6.32. The van der Waals surface area contributed by atoms with Crippen LogP contribution >= 0.6 is 11.6 Å². The largest absolute Gasteiger partial charge is 0.384 e. The molecule has 3 nitrogen and oxygen atoms in total. The third-order valence-corrected chi connectivity index (χ3v) is 3.91. The van der Waals surface area contributed by atoms with Crippen LogP contribution < -0.4 is 10.6 Å². The predicted molar refractivity (Wildman–Crippen MR) is 76.2 cm³/mol. The number of nitrogens with zero attached hydrogens (tertiary/aromatic N) is 1. The zero-order valence-electron chi connectivity index (χ0n) is 10.9. The van der Waals surface area contributed by atoms with Gasteiger partial charge in [0.15, 0.2) is 0 Å². The van der Waals surface area contributed by atoms with Crippen LogP contribution in [0, 0.1) is 5.92 Å². The van der Waals surface area contributed by atoms with Crippen LogP contribution in [-0.2, 0) is 11.3 Å². The van der Waals surface area contributed by atoms with Crippen molar-refractivity contribution in [2.45, 2.75) is 19.4 Å². The normalized spacial score (nSPS) is 17.2. The summed E-state index contributed by atoms with van der Waals surface area (Å²) in [4.78, 5) is 2.36. The molecule has 0 amide bonds. The molecule has 0 atom stereocenters. The Balaban J connectivity index is 2.01. The third-order valence-electron chi connectivity index (χ3n) is 3.61. The van der Waals surface area contributed by atoms with Crippen molar-refractivity contribution in [1.82, 2.24) is 0 Å². The van der Waals surface area contributed by atoms with Crippen molar-refractivity contribution in [2.24, 2.45) is 11.7 Å². The number of anilines is 1. The summed E-state index contributed by atoms with van der Waals surface area (Å²) in [6.45, 7) is 3.51. The Morgan fingerprint density at radius 1 is 1.39 bits per heavy atom.